The molecule has 0 radical (unpaired) electrons. The minimum atomic E-state index is -0.464. The number of anilines is 1. The summed E-state index contributed by atoms with van der Waals surface area (Å²) < 4.78 is 16.5. The number of rotatable bonds is 3. The van der Waals surface area contributed by atoms with Gasteiger partial charge < -0.3 is 99.2 Å². The van der Waals surface area contributed by atoms with Crippen LogP contribution < -0.4 is 11.5 Å². The molecule has 0 aliphatic rings. The molecule has 446 valence electrons. The summed E-state index contributed by atoms with van der Waals surface area (Å²) in [5.41, 5.74) is 20.6. The van der Waals surface area contributed by atoms with Crippen LogP contribution in [0.4, 0.5) is 5.82 Å². The van der Waals surface area contributed by atoms with Crippen molar-refractivity contribution in [2.24, 2.45) is 62.1 Å². The van der Waals surface area contributed by atoms with Crippen molar-refractivity contribution in [3.8, 4) is 24.3 Å². The molecule has 26 nitrogen and oxygen atoms in total. The van der Waals surface area contributed by atoms with Crippen LogP contribution in [0.2, 0.25) is 0 Å². The average molecular weight is 2490 g/mol. The monoisotopic (exact) mass is 2490 g/mol. The van der Waals surface area contributed by atoms with Gasteiger partial charge in [-0.2, -0.15) is 44.5 Å². The number of primary amides is 1. The number of hydrogen-bond acceptors (Lipinski definition) is 17. The fourth-order valence-corrected chi connectivity index (χ4v) is 5.50. The Balaban J connectivity index is -0.000000106. The predicted octanol–water partition coefficient (Wildman–Crippen LogP) is 2.61. The molecule has 8 heterocycles. The zero-order chi connectivity index (χ0) is 56.6. The van der Waals surface area contributed by atoms with E-state index >= 15 is 0 Å². The molecule has 0 fully saturated rings. The van der Waals surface area contributed by atoms with Crippen molar-refractivity contribution in [3.63, 3.8) is 0 Å². The summed E-state index contributed by atoms with van der Waals surface area (Å²) in [6, 6.07) is 8.05. The number of methoxy groups -OCH3 is 1. The molecular formula is C49H60N22O4W8-8. The van der Waals surface area contributed by atoms with Gasteiger partial charge in [0.15, 0.2) is 5.91 Å². The van der Waals surface area contributed by atoms with E-state index in [-0.39, 0.29) is 182 Å². The van der Waals surface area contributed by atoms with Crippen molar-refractivity contribution in [2.45, 2.75) is 62.8 Å². The standard InChI is InChI=1S/C7H9N2O2.C6H8N3O.4C6H6N3.C6H7N2O.C5H8N3.CH4.8W/c1-5-4-8-9(2)6(5)7(10)11-3;1-4-3-8-9(2)5(4)6(7)10;4*1-5-4-8-9(2)6(5)3-7;1-5-3-7-8(2)6(5)4-9;1-4-3-7-8(2)5(4)6;;;;;;;;;/h1-3H3;1-2H3,(H2,7,10);4*1-2H3;4H,1-2H3;6H2,1-2H3;1H4;;;;;;;;/q8*-1;;;;;;;;;. The Hall–Kier alpha value is -4.44. The summed E-state index contributed by atoms with van der Waals surface area (Å²) in [5.74, 6) is -0.155. The Morgan fingerprint density at radius 2 is 0.663 bits per heavy atom. The molecule has 0 saturated heterocycles. The molecular weight excluding hydrogens is 2430 g/mol. The second-order valence-corrected chi connectivity index (χ2v) is 15.2. The number of carbonyl (C=O) groups excluding carboxylic acids is 3. The van der Waals surface area contributed by atoms with Gasteiger partial charge in [-0.1, -0.05) is 62.8 Å². The second-order valence-electron chi connectivity index (χ2n) is 15.2. The molecule has 0 aliphatic heterocycles. The molecule has 0 spiro atoms. The first-order valence-corrected chi connectivity index (χ1v) is 21.3. The second kappa shape index (κ2) is 49.8. The number of amides is 1. The number of aromatic nitrogens is 16. The Morgan fingerprint density at radius 3 is 0.783 bits per heavy atom. The van der Waals surface area contributed by atoms with E-state index in [1.807, 2.05) is 58.9 Å². The first kappa shape index (κ1) is 97.7. The van der Waals surface area contributed by atoms with Gasteiger partial charge in [0.25, 0.3) is 5.97 Å². The number of nitrogens with two attached hydrogens (primary N) is 2. The average Bonchev–Trinajstić information content (AvgIpc) is 4.27. The smallest absolute Gasteiger partial charge is 0.271 e. The number of ether oxygens (including phenoxy) is 1. The van der Waals surface area contributed by atoms with Gasteiger partial charge in [0.1, 0.15) is 0 Å². The Morgan fingerprint density at radius 1 is 0.422 bits per heavy atom. The van der Waals surface area contributed by atoms with E-state index in [1.54, 1.807) is 81.8 Å². The molecule has 0 aliphatic carbocycles. The number of hydrogen-bond donors (Lipinski definition) is 2. The van der Waals surface area contributed by atoms with E-state index in [4.69, 9.17) is 32.5 Å². The van der Waals surface area contributed by atoms with Gasteiger partial charge in [-0.3, -0.25) is 9.59 Å². The van der Waals surface area contributed by atoms with E-state index in [0.717, 1.165) is 39.7 Å². The van der Waals surface area contributed by atoms with Crippen LogP contribution >= 0.6 is 0 Å². The van der Waals surface area contributed by atoms with E-state index < -0.39 is 5.91 Å². The first-order valence-electron chi connectivity index (χ1n) is 21.3. The zero-order valence-electron chi connectivity index (χ0n) is 47.6. The number of nitrogens with zero attached hydrogens (tertiary/aromatic N) is 20. The summed E-state index contributed by atoms with van der Waals surface area (Å²) in [4.78, 5) is 31.9. The van der Waals surface area contributed by atoms with Gasteiger partial charge in [-0.05, 0) is 45.7 Å². The Labute approximate surface area is 600 Å². The van der Waals surface area contributed by atoms with Crippen molar-refractivity contribution in [1.82, 2.24) is 78.2 Å². The number of nitriles is 4. The summed E-state index contributed by atoms with van der Waals surface area (Å²) in [5, 5.41) is 63.9. The summed E-state index contributed by atoms with van der Waals surface area (Å²) in [6.07, 6.45) is 22.2. The third kappa shape index (κ3) is 31.0. The van der Waals surface area contributed by atoms with Crippen LogP contribution in [0.1, 0.15) is 106 Å². The van der Waals surface area contributed by atoms with Crippen molar-refractivity contribution < 1.29 is 188 Å². The number of nitrogen functional groups attached to an aromatic ring is 1. The van der Waals surface area contributed by atoms with Gasteiger partial charge in [-0.15, -0.1) is 49.6 Å². The van der Waals surface area contributed by atoms with Gasteiger partial charge in [-0.25, -0.2) is 21.0 Å². The van der Waals surface area contributed by atoms with Crippen LogP contribution in [-0.4, -0.2) is 104 Å². The quantitative estimate of drug-likeness (QED) is 0.146. The molecule has 8 aromatic heterocycles. The molecule has 8 rings (SSSR count). The first-order chi connectivity index (χ1) is 34.8. The molecule has 0 aromatic carbocycles. The van der Waals surface area contributed by atoms with Gasteiger partial charge in [0.2, 0.25) is 0 Å². The normalized spacial score (nSPS) is 8.35. The predicted molar refractivity (Wildman–Crippen MR) is 269 cm³/mol. The van der Waals surface area contributed by atoms with E-state index in [2.05, 4.69) is 95.1 Å². The molecule has 34 heteroatoms. The maximum Gasteiger partial charge on any atom is 0.271 e. The van der Waals surface area contributed by atoms with Crippen molar-refractivity contribution >= 4 is 24.0 Å². The molecule has 0 bridgehead atoms. The molecule has 0 atom stereocenters. The van der Waals surface area contributed by atoms with Crippen molar-refractivity contribution in [2.75, 3.05) is 12.8 Å². The van der Waals surface area contributed by atoms with Crippen LogP contribution in [0.25, 0.3) is 0 Å². The van der Waals surface area contributed by atoms with Gasteiger partial charge >= 0.3 is 0 Å². The molecule has 8 aromatic rings. The third-order valence-electron chi connectivity index (χ3n) is 9.63. The van der Waals surface area contributed by atoms with Crippen molar-refractivity contribution in [3.05, 3.63) is 134 Å². The maximum atomic E-state index is 11.0. The minimum absolute atomic E-state index is 0. The van der Waals surface area contributed by atoms with Crippen molar-refractivity contribution in [1.29, 1.82) is 21.0 Å². The minimum Gasteiger partial charge on any atom is -0.478 e. The number of carbonyl (C=O) groups is 3. The van der Waals surface area contributed by atoms with Crippen LogP contribution in [0.15, 0.2) is 0 Å². The molecule has 4 N–H and O–H groups in total. The summed E-state index contributed by atoms with van der Waals surface area (Å²) >= 11 is 0. The zero-order valence-corrected chi connectivity index (χ0v) is 71.0. The fourth-order valence-electron chi connectivity index (χ4n) is 5.50. The van der Waals surface area contributed by atoms with Crippen LogP contribution in [0.3, 0.4) is 0 Å². The van der Waals surface area contributed by atoms with Gasteiger partial charge in [0.05, 0.1) is 13.4 Å². The summed E-state index contributed by atoms with van der Waals surface area (Å²) in [6.45, 7) is 14.4. The van der Waals surface area contributed by atoms with Crippen LogP contribution in [0, 0.1) is 150 Å². The Bertz CT molecular complexity index is 2940. The SMILES string of the molecule is C.COC(=O)c1c(C)[c-]nn1C.Cc1[c-]nn(C)c1C#N.Cc1[c-]nn(C)c1C#N.Cc1[c-]nn(C)c1C#N.Cc1[c-]nn(C)c1C#N.Cc1[c-]nn(C)c1C(N)=O.Cc1[c-]nn(C)c1C=O.Cc1[c-]nn(C)c1N.[W].[W].[W].[W].[W].[W].[W].[W]. The Kier molecular flexibility index (Phi) is 58.6. The molecule has 0 saturated carbocycles. The maximum absolute atomic E-state index is 11.0. The largest absolute Gasteiger partial charge is 0.478 e. The third-order valence-corrected chi connectivity index (χ3v) is 9.63. The van der Waals surface area contributed by atoms with Crippen LogP contribution in [-0.2, 0) is 230 Å². The van der Waals surface area contributed by atoms with Crippen LogP contribution in [0.5, 0.6) is 0 Å². The van der Waals surface area contributed by atoms with E-state index in [1.165, 1.54) is 39.9 Å². The number of esters is 1. The van der Waals surface area contributed by atoms with E-state index in [9.17, 15) is 14.4 Å². The van der Waals surface area contributed by atoms with Gasteiger partial charge in [0, 0.05) is 249 Å². The summed E-state index contributed by atoms with van der Waals surface area (Å²) in [7, 11) is 15.1. The molecule has 83 heavy (non-hydrogen) atoms. The number of aryl methyl sites for hydroxylation is 16. The topological polar surface area (TPSA) is 350 Å². The van der Waals surface area contributed by atoms with E-state index in [0.29, 0.717) is 56.8 Å². The molecule has 0 unspecified atom stereocenters. The molecule has 1 amide bonds. The number of aldehydes is 1. The fraction of sp³-hybridized carbons (Fsp3) is 0.367.